The minimum atomic E-state index is -0.495. The molecule has 0 aromatic heterocycles. The molecule has 0 atom stereocenters. The van der Waals surface area contributed by atoms with E-state index in [2.05, 4.69) is 23.2 Å². The number of ether oxygens (including phenoxy) is 1. The number of nitrogens with two attached hydrogens (primary N) is 1. The topological polar surface area (TPSA) is 67.6 Å². The van der Waals surface area contributed by atoms with E-state index in [4.69, 9.17) is 10.5 Å². The highest BCUT2D eigenvalue weighted by Gasteiger charge is 2.39. The molecule has 0 radical (unpaired) electrons. The number of nitrogens with one attached hydrogen (secondary N) is 1. The maximum Gasteiger partial charge on any atom is 0.232 e. The predicted octanol–water partition coefficient (Wildman–Crippen LogP) is 3.08. The highest BCUT2D eigenvalue weighted by molar-refractivity contribution is 7.99. The van der Waals surface area contributed by atoms with Crippen LogP contribution in [-0.4, -0.2) is 55.2 Å². The van der Waals surface area contributed by atoms with Crippen LogP contribution in [0, 0.1) is 12.3 Å². The smallest absolute Gasteiger partial charge is 0.232 e. The summed E-state index contributed by atoms with van der Waals surface area (Å²) in [6, 6.07) is 6.20. The minimum absolute atomic E-state index is 0. The van der Waals surface area contributed by atoms with Gasteiger partial charge in [-0.2, -0.15) is 11.8 Å². The molecule has 3 N–H and O–H groups in total. The summed E-state index contributed by atoms with van der Waals surface area (Å²) in [4.78, 5) is 15.4. The van der Waals surface area contributed by atoms with Crippen molar-refractivity contribution in [3.63, 3.8) is 0 Å². The van der Waals surface area contributed by atoms with Gasteiger partial charge in [0.15, 0.2) is 0 Å². The standard InChI is InChI=1S/C19H29N3O2S.2ClH/c1-15-16(13-22-7-11-25-12-8-22)3-2-4-17(15)21-18(23)19(14-20)5-9-24-10-6-19;;/h2-4H,5-14,20H2,1H3,(H,21,23);2*1H. The quantitative estimate of drug-likeness (QED) is 0.743. The molecule has 2 heterocycles. The molecule has 0 bridgehead atoms. The van der Waals surface area contributed by atoms with Gasteiger partial charge < -0.3 is 15.8 Å². The van der Waals surface area contributed by atoms with Crippen molar-refractivity contribution in [3.8, 4) is 0 Å². The Morgan fingerprint density at radius 1 is 1.26 bits per heavy atom. The number of amides is 1. The molecule has 27 heavy (non-hydrogen) atoms. The molecule has 5 nitrogen and oxygen atoms in total. The molecule has 1 aromatic carbocycles. The second-order valence-electron chi connectivity index (χ2n) is 7.03. The van der Waals surface area contributed by atoms with Crippen LogP contribution in [0.5, 0.6) is 0 Å². The molecule has 0 spiro atoms. The Hall–Kier alpha value is -0.500. The first-order valence-electron chi connectivity index (χ1n) is 9.12. The monoisotopic (exact) mass is 435 g/mol. The number of benzene rings is 1. The van der Waals surface area contributed by atoms with Gasteiger partial charge in [-0.1, -0.05) is 12.1 Å². The Kier molecular flexibility index (Phi) is 10.4. The van der Waals surface area contributed by atoms with E-state index in [1.54, 1.807) is 0 Å². The lowest BCUT2D eigenvalue weighted by molar-refractivity contribution is -0.130. The first-order chi connectivity index (χ1) is 12.1. The summed E-state index contributed by atoms with van der Waals surface area (Å²) in [6.07, 6.45) is 1.39. The lowest BCUT2D eigenvalue weighted by Gasteiger charge is -2.34. The molecule has 3 rings (SSSR count). The number of nitrogens with zero attached hydrogens (tertiary/aromatic N) is 1. The normalized spacial score (nSPS) is 19.5. The van der Waals surface area contributed by atoms with Crippen molar-refractivity contribution >= 4 is 48.2 Å². The van der Waals surface area contributed by atoms with Crippen LogP contribution in [0.2, 0.25) is 0 Å². The van der Waals surface area contributed by atoms with Crippen molar-refractivity contribution in [1.82, 2.24) is 4.90 Å². The van der Waals surface area contributed by atoms with Crippen LogP contribution in [-0.2, 0) is 16.1 Å². The van der Waals surface area contributed by atoms with Gasteiger partial charge >= 0.3 is 0 Å². The zero-order valence-electron chi connectivity index (χ0n) is 15.9. The van der Waals surface area contributed by atoms with Crippen LogP contribution < -0.4 is 11.1 Å². The third-order valence-electron chi connectivity index (χ3n) is 5.51. The number of rotatable bonds is 5. The molecule has 2 saturated heterocycles. The fourth-order valence-corrected chi connectivity index (χ4v) is 4.51. The largest absolute Gasteiger partial charge is 0.381 e. The van der Waals surface area contributed by atoms with Gasteiger partial charge in [0.1, 0.15) is 0 Å². The molecule has 0 aliphatic carbocycles. The van der Waals surface area contributed by atoms with Crippen LogP contribution in [0.15, 0.2) is 18.2 Å². The lowest BCUT2D eigenvalue weighted by Crippen LogP contribution is -2.46. The number of thioether (sulfide) groups is 1. The Morgan fingerprint density at radius 3 is 2.56 bits per heavy atom. The summed E-state index contributed by atoms with van der Waals surface area (Å²) in [5.41, 5.74) is 8.83. The molecule has 2 fully saturated rings. The van der Waals surface area contributed by atoms with Crippen molar-refractivity contribution in [2.24, 2.45) is 11.1 Å². The summed E-state index contributed by atoms with van der Waals surface area (Å²) in [7, 11) is 0. The van der Waals surface area contributed by atoms with Gasteiger partial charge in [-0.25, -0.2) is 0 Å². The van der Waals surface area contributed by atoms with E-state index < -0.39 is 5.41 Å². The van der Waals surface area contributed by atoms with Crippen molar-refractivity contribution in [1.29, 1.82) is 0 Å². The van der Waals surface area contributed by atoms with Gasteiger partial charge in [0, 0.05) is 56.6 Å². The van der Waals surface area contributed by atoms with Crippen LogP contribution >= 0.6 is 36.6 Å². The second kappa shape index (κ2) is 11.5. The fraction of sp³-hybridized carbons (Fsp3) is 0.632. The number of halogens is 2. The maximum absolute atomic E-state index is 12.9. The lowest BCUT2D eigenvalue weighted by atomic mass is 9.79. The van der Waals surface area contributed by atoms with Crippen LogP contribution in [0.25, 0.3) is 0 Å². The fourth-order valence-electron chi connectivity index (χ4n) is 3.53. The third-order valence-corrected chi connectivity index (χ3v) is 6.46. The second-order valence-corrected chi connectivity index (χ2v) is 8.25. The van der Waals surface area contributed by atoms with E-state index in [0.29, 0.717) is 32.6 Å². The zero-order chi connectivity index (χ0) is 17.7. The van der Waals surface area contributed by atoms with E-state index in [1.807, 2.05) is 23.9 Å². The predicted molar refractivity (Wildman–Crippen MR) is 118 cm³/mol. The van der Waals surface area contributed by atoms with Gasteiger partial charge in [0.25, 0.3) is 0 Å². The van der Waals surface area contributed by atoms with E-state index in [1.165, 1.54) is 17.1 Å². The molecule has 1 amide bonds. The molecule has 0 unspecified atom stereocenters. The number of carbonyl (C=O) groups is 1. The van der Waals surface area contributed by atoms with Gasteiger partial charge in [0.2, 0.25) is 5.91 Å². The maximum atomic E-state index is 12.9. The van der Waals surface area contributed by atoms with E-state index >= 15 is 0 Å². The molecule has 8 heteroatoms. The van der Waals surface area contributed by atoms with Gasteiger partial charge in [-0.15, -0.1) is 24.8 Å². The highest BCUT2D eigenvalue weighted by Crippen LogP contribution is 2.32. The number of carbonyl (C=O) groups excluding carboxylic acids is 1. The van der Waals surface area contributed by atoms with E-state index in [-0.39, 0.29) is 30.7 Å². The van der Waals surface area contributed by atoms with Gasteiger partial charge in [-0.3, -0.25) is 9.69 Å². The molecular weight excluding hydrogens is 405 g/mol. The molecule has 154 valence electrons. The van der Waals surface area contributed by atoms with Crippen LogP contribution in [0.4, 0.5) is 5.69 Å². The first-order valence-corrected chi connectivity index (χ1v) is 10.3. The highest BCUT2D eigenvalue weighted by atomic mass is 35.5. The summed E-state index contributed by atoms with van der Waals surface area (Å²) >= 11 is 2.02. The third kappa shape index (κ3) is 5.99. The molecule has 1 aromatic rings. The van der Waals surface area contributed by atoms with E-state index in [0.717, 1.165) is 30.9 Å². The summed E-state index contributed by atoms with van der Waals surface area (Å²) < 4.78 is 5.41. The van der Waals surface area contributed by atoms with Gasteiger partial charge in [-0.05, 0) is 37.0 Å². The Bertz CT molecular complexity index is 607. The van der Waals surface area contributed by atoms with E-state index in [9.17, 15) is 4.79 Å². The Labute approximate surface area is 179 Å². The first kappa shape index (κ1) is 24.5. The van der Waals surface area contributed by atoms with Crippen molar-refractivity contribution in [2.45, 2.75) is 26.3 Å². The van der Waals surface area contributed by atoms with Crippen LogP contribution in [0.1, 0.15) is 24.0 Å². The Balaban J connectivity index is 0.00000182. The van der Waals surface area contributed by atoms with Gasteiger partial charge in [0.05, 0.1) is 5.41 Å². The zero-order valence-corrected chi connectivity index (χ0v) is 18.3. The molecule has 2 aliphatic rings. The number of anilines is 1. The molecular formula is C19H31Cl2N3O2S. The summed E-state index contributed by atoms with van der Waals surface area (Å²) in [5, 5.41) is 3.15. The molecule has 0 saturated carbocycles. The molecule has 2 aliphatic heterocycles. The van der Waals surface area contributed by atoms with Crippen molar-refractivity contribution < 1.29 is 9.53 Å². The Morgan fingerprint density at radius 2 is 1.93 bits per heavy atom. The summed E-state index contributed by atoms with van der Waals surface area (Å²) in [6.45, 7) is 6.91. The minimum Gasteiger partial charge on any atom is -0.381 e. The summed E-state index contributed by atoms with van der Waals surface area (Å²) in [5.74, 6) is 2.44. The average molecular weight is 436 g/mol. The van der Waals surface area contributed by atoms with Crippen LogP contribution in [0.3, 0.4) is 0 Å². The number of hydrogen-bond acceptors (Lipinski definition) is 5. The van der Waals surface area contributed by atoms with Crippen molar-refractivity contribution in [2.75, 3.05) is 49.7 Å². The SMILES string of the molecule is Cc1c(CN2CCSCC2)cccc1NC(=O)C1(CN)CCOCC1.Cl.Cl. The number of hydrogen-bond donors (Lipinski definition) is 2. The average Bonchev–Trinajstić information content (AvgIpc) is 2.66. The van der Waals surface area contributed by atoms with Crippen molar-refractivity contribution in [3.05, 3.63) is 29.3 Å².